The summed E-state index contributed by atoms with van der Waals surface area (Å²) in [5.41, 5.74) is 0. The number of aldehydes is 1. The number of allylic oxidation sites excluding steroid dienone is 1. The molecule has 3 fully saturated rings. The molecule has 0 atom stereocenters. The molecule has 180 valence electrons. The molecule has 0 saturated heterocycles. The third-order valence-electron chi connectivity index (χ3n) is 9.00. The molecule has 0 aliphatic heterocycles. The molecular weight excluding hydrogens is 378 g/mol. The van der Waals surface area contributed by atoms with Gasteiger partial charge in [0.15, 0.2) is 0 Å². The Morgan fingerprint density at radius 1 is 0.710 bits per heavy atom. The molecule has 3 rings (SSSR count). The molecule has 3 saturated carbocycles. The van der Waals surface area contributed by atoms with Gasteiger partial charge in [-0.3, -0.25) is 4.79 Å². The van der Waals surface area contributed by atoms with Crippen LogP contribution in [0.1, 0.15) is 122 Å². The van der Waals surface area contributed by atoms with Gasteiger partial charge in [0.05, 0.1) is 0 Å². The van der Waals surface area contributed by atoms with Crippen molar-refractivity contribution in [2.45, 2.75) is 129 Å². The molecule has 0 unspecified atom stereocenters. The van der Waals surface area contributed by atoms with Gasteiger partial charge in [-0.1, -0.05) is 90.6 Å². The number of hydrogen-bond acceptors (Lipinski definition) is 2. The molecule has 0 aromatic heterocycles. The largest absolute Gasteiger partial charge is 0.317 e. The predicted octanol–water partition coefficient (Wildman–Crippen LogP) is 8.11. The Balaban J connectivity index is 0.000000785. The van der Waals surface area contributed by atoms with Crippen LogP contribution in [0.25, 0.3) is 0 Å². The summed E-state index contributed by atoms with van der Waals surface area (Å²) in [6, 6.07) is 0.819. The van der Waals surface area contributed by atoms with E-state index in [1.807, 2.05) is 0 Å². The van der Waals surface area contributed by atoms with Gasteiger partial charge in [0.1, 0.15) is 6.29 Å². The van der Waals surface area contributed by atoms with Crippen molar-refractivity contribution in [1.82, 2.24) is 5.32 Å². The van der Waals surface area contributed by atoms with Crippen LogP contribution in [0.4, 0.5) is 0 Å². The first-order valence-electron chi connectivity index (χ1n) is 13.9. The highest BCUT2D eigenvalue weighted by Crippen LogP contribution is 2.42. The van der Waals surface area contributed by atoms with E-state index in [0.717, 1.165) is 35.6 Å². The van der Waals surface area contributed by atoms with Crippen molar-refractivity contribution in [3.05, 3.63) is 12.7 Å². The highest BCUT2D eigenvalue weighted by Gasteiger charge is 2.31. The van der Waals surface area contributed by atoms with E-state index in [-0.39, 0.29) is 0 Å². The van der Waals surface area contributed by atoms with E-state index >= 15 is 0 Å². The maximum absolute atomic E-state index is 9.06. The second-order valence-corrected chi connectivity index (χ2v) is 11.0. The summed E-state index contributed by atoms with van der Waals surface area (Å²) < 4.78 is 0. The molecule has 0 aromatic carbocycles. The van der Waals surface area contributed by atoms with E-state index in [0.29, 0.717) is 6.29 Å². The Bertz CT molecular complexity index is 445. The van der Waals surface area contributed by atoms with E-state index in [1.165, 1.54) is 57.4 Å². The number of nitrogens with one attached hydrogen (secondary N) is 1. The second-order valence-electron chi connectivity index (χ2n) is 11.0. The molecule has 0 aromatic rings. The van der Waals surface area contributed by atoms with E-state index in [4.69, 9.17) is 4.79 Å². The van der Waals surface area contributed by atoms with Crippen molar-refractivity contribution in [3.8, 4) is 0 Å². The molecule has 2 heteroatoms. The van der Waals surface area contributed by atoms with Crippen molar-refractivity contribution in [2.75, 3.05) is 7.05 Å². The van der Waals surface area contributed by atoms with Crippen LogP contribution in [0.15, 0.2) is 12.7 Å². The van der Waals surface area contributed by atoms with Crippen molar-refractivity contribution in [2.24, 2.45) is 29.6 Å². The lowest BCUT2D eigenvalue weighted by Gasteiger charge is -2.38. The van der Waals surface area contributed by atoms with Gasteiger partial charge < -0.3 is 5.32 Å². The summed E-state index contributed by atoms with van der Waals surface area (Å²) in [6.45, 7) is 5.44. The number of hydrogen-bond donors (Lipinski definition) is 1. The van der Waals surface area contributed by atoms with Gasteiger partial charge in [-0.15, -0.1) is 0 Å². The first kappa shape index (κ1) is 26.6. The van der Waals surface area contributed by atoms with Crippen LogP contribution >= 0.6 is 0 Å². The highest BCUT2D eigenvalue weighted by molar-refractivity contribution is 5.63. The van der Waals surface area contributed by atoms with Gasteiger partial charge >= 0.3 is 0 Å². The van der Waals surface area contributed by atoms with Crippen molar-refractivity contribution in [1.29, 1.82) is 0 Å². The molecule has 3 aliphatic rings. The fourth-order valence-corrected chi connectivity index (χ4v) is 6.79. The summed E-state index contributed by atoms with van der Waals surface area (Å²) in [5.74, 6) is 5.40. The molecule has 2 nitrogen and oxygen atoms in total. The number of carbonyl (C=O) groups is 1. The molecular formula is C29H53NO. The molecule has 31 heavy (non-hydrogen) atoms. The number of unbranched alkanes of at least 4 members (excludes halogenated alkanes) is 2. The van der Waals surface area contributed by atoms with Crippen molar-refractivity contribution >= 4 is 6.29 Å². The Hall–Kier alpha value is -0.630. The average molecular weight is 432 g/mol. The molecule has 0 amide bonds. The van der Waals surface area contributed by atoms with Crippen LogP contribution in [0.3, 0.4) is 0 Å². The average Bonchev–Trinajstić information content (AvgIpc) is 2.84. The second kappa shape index (κ2) is 16.1. The monoisotopic (exact) mass is 431 g/mol. The Labute approximate surface area is 194 Å². The predicted molar refractivity (Wildman–Crippen MR) is 135 cm³/mol. The lowest BCUT2D eigenvalue weighted by molar-refractivity contribution is -0.104. The Kier molecular flexibility index (Phi) is 13.8. The van der Waals surface area contributed by atoms with Crippen LogP contribution in [0, 0.1) is 29.6 Å². The fraction of sp³-hybridized carbons (Fsp3) is 0.897. The zero-order valence-corrected chi connectivity index (χ0v) is 21.0. The molecule has 0 radical (unpaired) electrons. The zero-order valence-electron chi connectivity index (χ0n) is 21.0. The molecule has 1 N–H and O–H groups in total. The first-order valence-corrected chi connectivity index (χ1v) is 13.9. The van der Waals surface area contributed by atoms with Crippen LogP contribution in [0.5, 0.6) is 0 Å². The lowest BCUT2D eigenvalue weighted by Crippen LogP contribution is -2.33. The minimum Gasteiger partial charge on any atom is -0.317 e. The van der Waals surface area contributed by atoms with Crippen LogP contribution < -0.4 is 5.32 Å². The highest BCUT2D eigenvalue weighted by atomic mass is 16.1. The van der Waals surface area contributed by atoms with E-state index in [9.17, 15) is 0 Å². The number of rotatable bonds is 10. The van der Waals surface area contributed by atoms with Crippen LogP contribution in [-0.2, 0) is 4.79 Å². The Morgan fingerprint density at radius 2 is 1.13 bits per heavy atom. The first-order chi connectivity index (χ1) is 15.2. The quantitative estimate of drug-likeness (QED) is 0.215. The smallest absolute Gasteiger partial charge is 0.142 e. The maximum atomic E-state index is 9.06. The zero-order chi connectivity index (χ0) is 22.3. The third kappa shape index (κ3) is 10.2. The van der Waals surface area contributed by atoms with Crippen molar-refractivity contribution < 1.29 is 4.79 Å². The van der Waals surface area contributed by atoms with Gasteiger partial charge in [0.2, 0.25) is 0 Å². The molecule has 0 bridgehead atoms. The summed E-state index contributed by atoms with van der Waals surface area (Å²) in [4.78, 5) is 9.06. The molecule has 0 spiro atoms. The summed E-state index contributed by atoms with van der Waals surface area (Å²) in [6.07, 6.45) is 29.1. The summed E-state index contributed by atoms with van der Waals surface area (Å²) in [7, 11) is 2.15. The SMILES string of the molecule is C=CC=O.CCCCCC1CCC(CCC2CCC(C3CCC(NC)CC3)CC2)CC1. The standard InChI is InChI=1S/C26H49N.C3H4O/c1-3-4-5-6-21-7-9-22(10-8-21)11-12-23-13-15-24(16-14-23)25-17-19-26(27-2)20-18-25;1-2-3-4/h21-27H,3-20H2,1-2H3;2-3H,1H2. The van der Waals surface area contributed by atoms with E-state index < -0.39 is 0 Å². The summed E-state index contributed by atoms with van der Waals surface area (Å²) >= 11 is 0. The third-order valence-corrected chi connectivity index (χ3v) is 9.00. The van der Waals surface area contributed by atoms with Gasteiger partial charge in [0, 0.05) is 6.04 Å². The molecule has 0 heterocycles. The Morgan fingerprint density at radius 3 is 1.55 bits per heavy atom. The minimum absolute atomic E-state index is 0.639. The van der Waals surface area contributed by atoms with Crippen LogP contribution in [-0.4, -0.2) is 19.4 Å². The topological polar surface area (TPSA) is 29.1 Å². The normalized spacial score (nSPS) is 33.7. The van der Waals surface area contributed by atoms with Gasteiger partial charge in [-0.25, -0.2) is 0 Å². The van der Waals surface area contributed by atoms with Gasteiger partial charge in [-0.2, -0.15) is 0 Å². The fourth-order valence-electron chi connectivity index (χ4n) is 6.79. The number of carbonyl (C=O) groups excluding carboxylic acids is 1. The van der Waals surface area contributed by atoms with E-state index in [2.05, 4.69) is 25.9 Å². The molecule has 3 aliphatic carbocycles. The minimum atomic E-state index is 0.639. The van der Waals surface area contributed by atoms with Crippen molar-refractivity contribution in [3.63, 3.8) is 0 Å². The summed E-state index contributed by atoms with van der Waals surface area (Å²) in [5, 5.41) is 3.50. The van der Waals surface area contributed by atoms with Crippen LogP contribution in [0.2, 0.25) is 0 Å². The van der Waals surface area contributed by atoms with Gasteiger partial charge in [-0.05, 0) is 81.2 Å². The lowest BCUT2D eigenvalue weighted by atomic mass is 9.69. The van der Waals surface area contributed by atoms with E-state index in [1.54, 1.807) is 64.2 Å². The maximum Gasteiger partial charge on any atom is 0.142 e. The van der Waals surface area contributed by atoms with Gasteiger partial charge in [0.25, 0.3) is 0 Å².